The molecule has 0 radical (unpaired) electrons. The van der Waals surface area contributed by atoms with Crippen LogP contribution in [0.25, 0.3) is 0 Å². The molecule has 2 saturated carbocycles. The van der Waals surface area contributed by atoms with E-state index in [-0.39, 0.29) is 46.8 Å². The van der Waals surface area contributed by atoms with Crippen LogP contribution in [0.3, 0.4) is 0 Å². The van der Waals surface area contributed by atoms with Gasteiger partial charge in [0.05, 0.1) is 23.1 Å². The van der Waals surface area contributed by atoms with Gasteiger partial charge in [-0.05, 0) is 60.8 Å². The monoisotopic (exact) mass is 455 g/mol. The van der Waals surface area contributed by atoms with E-state index in [1.165, 1.54) is 4.90 Å². The second kappa shape index (κ2) is 7.76. The molecule has 0 spiro atoms. The van der Waals surface area contributed by atoms with Crippen LogP contribution in [0.15, 0.2) is 66.7 Å². The zero-order valence-electron chi connectivity index (χ0n) is 18.8. The molecule has 1 heterocycles. The lowest BCUT2D eigenvalue weighted by atomic mass is 9.63. The molecule has 0 unspecified atom stereocenters. The summed E-state index contributed by atoms with van der Waals surface area (Å²) >= 11 is 0. The average molecular weight is 456 g/mol. The normalized spacial score (nSPS) is 31.1. The van der Waals surface area contributed by atoms with E-state index in [0.29, 0.717) is 29.5 Å². The lowest BCUT2D eigenvalue weighted by Crippen LogP contribution is -2.40. The maximum Gasteiger partial charge on any atom is 0.338 e. The zero-order valence-corrected chi connectivity index (χ0v) is 18.8. The van der Waals surface area contributed by atoms with Crippen molar-refractivity contribution in [1.82, 2.24) is 0 Å². The Labute approximate surface area is 197 Å². The van der Waals surface area contributed by atoms with Gasteiger partial charge in [0.2, 0.25) is 17.6 Å². The van der Waals surface area contributed by atoms with Gasteiger partial charge in [0.25, 0.3) is 0 Å². The Balaban J connectivity index is 1.18. The van der Waals surface area contributed by atoms with Crippen LogP contribution in [0.4, 0.5) is 5.69 Å². The van der Waals surface area contributed by atoms with Gasteiger partial charge < -0.3 is 4.74 Å². The van der Waals surface area contributed by atoms with E-state index in [1.54, 1.807) is 55.5 Å². The molecule has 7 rings (SSSR count). The van der Waals surface area contributed by atoms with Crippen molar-refractivity contribution in [3.8, 4) is 0 Å². The van der Waals surface area contributed by atoms with E-state index in [1.807, 2.05) is 6.07 Å². The minimum absolute atomic E-state index is 0.130. The summed E-state index contributed by atoms with van der Waals surface area (Å²) in [6.07, 6.45) is 4.89. The number of nitrogens with zero attached hydrogens (tertiary/aromatic N) is 1. The van der Waals surface area contributed by atoms with Gasteiger partial charge in [-0.15, -0.1) is 0 Å². The number of benzene rings is 2. The molecule has 7 atom stereocenters. The van der Waals surface area contributed by atoms with Crippen molar-refractivity contribution in [3.63, 3.8) is 0 Å². The maximum atomic E-state index is 13.3. The molecular formula is C28H25NO5. The summed E-state index contributed by atoms with van der Waals surface area (Å²) in [6.45, 7) is 1.79. The van der Waals surface area contributed by atoms with E-state index in [9.17, 15) is 19.2 Å². The molecule has 2 amide bonds. The highest BCUT2D eigenvalue weighted by Crippen LogP contribution is 2.65. The Kier molecular flexibility index (Phi) is 4.80. The van der Waals surface area contributed by atoms with Crippen molar-refractivity contribution in [2.24, 2.45) is 35.5 Å². The molecule has 172 valence electrons. The van der Waals surface area contributed by atoms with Gasteiger partial charge in [0, 0.05) is 5.56 Å². The molecular weight excluding hydrogens is 430 g/mol. The summed E-state index contributed by atoms with van der Waals surface area (Å²) in [6, 6.07) is 15.1. The van der Waals surface area contributed by atoms with Crippen LogP contribution in [0, 0.1) is 35.5 Å². The number of anilines is 1. The Morgan fingerprint density at radius 1 is 0.882 bits per heavy atom. The standard InChI is InChI=1S/C28H25NO5/c1-2-22(25(30)15-6-4-3-5-7-15)34-28(33)16-8-10-17(11-9-16)29-26(31)23-18-12-13-19(21-14-20(18)21)24(23)27(29)32/h3-13,18-24H,2,14H2,1H3/t18-,19-,20-,21-,22+,23+,24+/m1/s1. The topological polar surface area (TPSA) is 80.8 Å². The van der Waals surface area contributed by atoms with Crippen molar-refractivity contribution >= 4 is 29.3 Å². The smallest absolute Gasteiger partial charge is 0.338 e. The van der Waals surface area contributed by atoms with Crippen LogP contribution in [-0.4, -0.2) is 29.7 Å². The number of hydrogen-bond acceptors (Lipinski definition) is 5. The highest BCUT2D eigenvalue weighted by Gasteiger charge is 2.67. The van der Waals surface area contributed by atoms with Crippen LogP contribution in [0.1, 0.15) is 40.5 Å². The third-order valence-electron chi connectivity index (χ3n) is 7.99. The minimum atomic E-state index is -0.881. The number of esters is 1. The molecule has 2 aromatic carbocycles. The van der Waals surface area contributed by atoms with Gasteiger partial charge in [-0.3, -0.25) is 19.3 Å². The summed E-state index contributed by atoms with van der Waals surface area (Å²) in [5.41, 5.74) is 1.23. The fourth-order valence-electron chi connectivity index (χ4n) is 6.27. The van der Waals surface area contributed by atoms with Gasteiger partial charge >= 0.3 is 5.97 Å². The van der Waals surface area contributed by atoms with Crippen LogP contribution < -0.4 is 4.90 Å². The van der Waals surface area contributed by atoms with E-state index < -0.39 is 12.1 Å². The number of rotatable bonds is 6. The summed E-state index contributed by atoms with van der Waals surface area (Å²) < 4.78 is 5.50. The van der Waals surface area contributed by atoms with Gasteiger partial charge in [-0.1, -0.05) is 49.4 Å². The molecule has 1 aliphatic heterocycles. The molecule has 0 N–H and O–H groups in total. The lowest BCUT2D eigenvalue weighted by Gasteiger charge is -2.37. The number of carbonyl (C=O) groups excluding carboxylic acids is 4. The van der Waals surface area contributed by atoms with Crippen LogP contribution in [-0.2, 0) is 14.3 Å². The Bertz CT molecular complexity index is 1180. The molecule has 1 saturated heterocycles. The summed E-state index contributed by atoms with van der Waals surface area (Å²) in [5, 5.41) is 0. The van der Waals surface area contributed by atoms with Gasteiger partial charge in [0.1, 0.15) is 0 Å². The summed E-state index contributed by atoms with van der Waals surface area (Å²) in [5.74, 6) is -0.194. The molecule has 4 aliphatic carbocycles. The number of Topliss-reactive ketones (excluding diaryl/α,β-unsaturated/α-hetero) is 1. The first-order valence-electron chi connectivity index (χ1n) is 12.0. The Morgan fingerprint density at radius 2 is 1.47 bits per heavy atom. The number of ketones is 1. The quantitative estimate of drug-likeness (QED) is 0.284. The zero-order chi connectivity index (χ0) is 23.6. The van der Waals surface area contributed by atoms with Gasteiger partial charge in [-0.2, -0.15) is 0 Å². The fraction of sp³-hybridized carbons (Fsp3) is 0.357. The number of amides is 2. The van der Waals surface area contributed by atoms with Crippen LogP contribution >= 0.6 is 0 Å². The molecule has 5 aliphatic rings. The third-order valence-corrected chi connectivity index (χ3v) is 7.99. The van der Waals surface area contributed by atoms with Crippen molar-refractivity contribution in [2.75, 3.05) is 4.90 Å². The first-order valence-corrected chi connectivity index (χ1v) is 12.0. The highest BCUT2D eigenvalue weighted by molar-refractivity contribution is 6.22. The first-order chi connectivity index (χ1) is 16.5. The van der Waals surface area contributed by atoms with Crippen molar-refractivity contribution in [3.05, 3.63) is 77.9 Å². The Hall–Kier alpha value is -3.54. The summed E-state index contributed by atoms with van der Waals surface area (Å²) in [7, 11) is 0. The predicted octanol–water partition coefficient (Wildman–Crippen LogP) is 4.06. The molecule has 2 aromatic rings. The van der Waals surface area contributed by atoms with Crippen molar-refractivity contribution in [1.29, 1.82) is 0 Å². The fourth-order valence-corrected chi connectivity index (χ4v) is 6.27. The Morgan fingerprint density at radius 3 is 2.03 bits per heavy atom. The molecule has 3 fully saturated rings. The average Bonchev–Trinajstić information content (AvgIpc) is 3.65. The molecule has 6 heteroatoms. The van der Waals surface area contributed by atoms with E-state index in [4.69, 9.17) is 4.74 Å². The summed E-state index contributed by atoms with van der Waals surface area (Å²) in [4.78, 5) is 53.2. The number of hydrogen-bond donors (Lipinski definition) is 0. The molecule has 6 nitrogen and oxygen atoms in total. The van der Waals surface area contributed by atoms with Gasteiger partial charge in [0.15, 0.2) is 6.10 Å². The van der Waals surface area contributed by atoms with Crippen molar-refractivity contribution in [2.45, 2.75) is 25.9 Å². The minimum Gasteiger partial charge on any atom is -0.450 e. The molecule has 2 bridgehead atoms. The van der Waals surface area contributed by atoms with E-state index in [2.05, 4.69) is 12.2 Å². The van der Waals surface area contributed by atoms with Crippen LogP contribution in [0.2, 0.25) is 0 Å². The van der Waals surface area contributed by atoms with E-state index in [0.717, 1.165) is 6.42 Å². The highest BCUT2D eigenvalue weighted by atomic mass is 16.5. The number of allylic oxidation sites excluding steroid dienone is 2. The first kappa shape index (κ1) is 21.0. The predicted molar refractivity (Wildman–Crippen MR) is 124 cm³/mol. The second-order valence-electron chi connectivity index (χ2n) is 9.75. The van der Waals surface area contributed by atoms with Crippen LogP contribution in [0.5, 0.6) is 0 Å². The second-order valence-corrected chi connectivity index (χ2v) is 9.75. The number of carbonyl (C=O) groups is 4. The molecule has 34 heavy (non-hydrogen) atoms. The number of imide groups is 1. The third kappa shape index (κ3) is 3.08. The van der Waals surface area contributed by atoms with E-state index >= 15 is 0 Å². The van der Waals surface area contributed by atoms with Gasteiger partial charge in [-0.25, -0.2) is 4.79 Å². The SMILES string of the molecule is CC[C@H](OC(=O)c1ccc(N2C(=O)[C@H]3[C@@H]4C=C[C@H]([C@H]5C[C@H]45)[C@@H]3C2=O)cc1)C(=O)c1ccccc1. The lowest BCUT2D eigenvalue weighted by molar-refractivity contribution is -0.124. The largest absolute Gasteiger partial charge is 0.450 e. The maximum absolute atomic E-state index is 13.3. The number of ether oxygens (including phenoxy) is 1. The molecule has 0 aromatic heterocycles. The van der Waals surface area contributed by atoms with Crippen molar-refractivity contribution < 1.29 is 23.9 Å².